The van der Waals surface area contributed by atoms with Gasteiger partial charge >= 0.3 is 0 Å². The van der Waals surface area contributed by atoms with E-state index in [2.05, 4.69) is 133 Å². The quantitative estimate of drug-likeness (QED) is 0.141. The number of aromatic nitrogens is 4. The maximum atomic E-state index is 5.66. The molecule has 0 saturated heterocycles. The Morgan fingerprint density at radius 3 is 1.27 bits per heavy atom. The third kappa shape index (κ3) is 7.31. The van der Waals surface area contributed by atoms with Gasteiger partial charge in [0.2, 0.25) is 0 Å². The summed E-state index contributed by atoms with van der Waals surface area (Å²) in [5, 5.41) is 0. The highest BCUT2D eigenvalue weighted by atomic mass is 28.3. The van der Waals surface area contributed by atoms with Gasteiger partial charge in [-0.3, -0.25) is 0 Å². The first kappa shape index (κ1) is 34.6. The first-order valence-corrected chi connectivity index (χ1v) is 24.4. The molecule has 8 heteroatoms. The molecule has 0 amide bonds. The Bertz CT molecular complexity index is 2410. The number of hydrogen-bond donors (Lipinski definition) is 2. The maximum absolute atomic E-state index is 5.66. The van der Waals surface area contributed by atoms with E-state index in [0.717, 1.165) is 89.7 Å². The largest absolute Gasteiger partial charge is 0.497 e. The predicted molar refractivity (Wildman–Crippen MR) is 223 cm³/mol. The smallest absolute Gasteiger partial charge is 0.129 e. The van der Waals surface area contributed by atoms with Crippen LogP contribution in [0.4, 0.5) is 0 Å². The monoisotopic (exact) mass is 714 g/mol. The SMILES string of the molecule is COc1cccc(-c2c3nc(c(C#C[Si](C)(C)C)c4ccc([nH]4)c(-c4cccc(OC)c4)c4nc(c(C#C[Si](C)(C)C)c5ccc2[nH]5)C=C4)C=C3)c1. The van der Waals surface area contributed by atoms with Gasteiger partial charge in [-0.1, -0.05) is 75.4 Å². The van der Waals surface area contributed by atoms with Crippen molar-refractivity contribution in [3.8, 4) is 56.7 Å². The van der Waals surface area contributed by atoms with E-state index in [4.69, 9.17) is 19.4 Å². The third-order valence-corrected chi connectivity index (χ3v) is 10.3. The molecule has 5 aromatic rings. The third-order valence-electron chi connectivity index (χ3n) is 8.60. The van der Waals surface area contributed by atoms with E-state index in [1.165, 1.54) is 0 Å². The molecule has 2 aliphatic heterocycles. The zero-order chi connectivity index (χ0) is 36.6. The molecule has 3 aromatic heterocycles. The molecule has 0 atom stereocenters. The molecular weight excluding hydrogens is 673 g/mol. The Morgan fingerprint density at radius 2 is 0.885 bits per heavy atom. The summed E-state index contributed by atoms with van der Waals surface area (Å²) >= 11 is 0. The van der Waals surface area contributed by atoms with Crippen LogP contribution in [0.2, 0.25) is 39.3 Å². The summed E-state index contributed by atoms with van der Waals surface area (Å²) in [5.41, 5.74) is 19.7. The van der Waals surface area contributed by atoms with Crippen LogP contribution in [0.1, 0.15) is 33.9 Å². The van der Waals surface area contributed by atoms with Crippen molar-refractivity contribution in [2.75, 3.05) is 14.2 Å². The van der Waals surface area contributed by atoms with Gasteiger partial charge in [-0.2, -0.15) is 0 Å². The van der Waals surface area contributed by atoms with E-state index >= 15 is 0 Å². The molecule has 52 heavy (non-hydrogen) atoms. The molecule has 7 rings (SSSR count). The molecule has 8 bridgehead atoms. The van der Waals surface area contributed by atoms with Gasteiger partial charge in [0.1, 0.15) is 27.6 Å². The van der Waals surface area contributed by atoms with Crippen LogP contribution in [0.5, 0.6) is 11.5 Å². The predicted octanol–water partition coefficient (Wildman–Crippen LogP) is 10.5. The topological polar surface area (TPSA) is 75.8 Å². The minimum atomic E-state index is -1.74. The number of aromatic amines is 2. The summed E-state index contributed by atoms with van der Waals surface area (Å²) in [6.45, 7) is 13.5. The highest BCUT2D eigenvalue weighted by Gasteiger charge is 2.18. The number of rotatable bonds is 4. The average molecular weight is 715 g/mol. The molecule has 2 aromatic carbocycles. The van der Waals surface area contributed by atoms with Gasteiger partial charge in [0.25, 0.3) is 0 Å². The van der Waals surface area contributed by atoms with E-state index in [0.29, 0.717) is 0 Å². The Morgan fingerprint density at radius 1 is 0.500 bits per heavy atom. The van der Waals surface area contributed by atoms with E-state index in [-0.39, 0.29) is 0 Å². The van der Waals surface area contributed by atoms with Crippen LogP contribution in [-0.2, 0) is 0 Å². The molecule has 0 fully saturated rings. The number of benzene rings is 2. The second-order valence-corrected chi connectivity index (χ2v) is 24.5. The number of hydrogen-bond acceptors (Lipinski definition) is 4. The second kappa shape index (κ2) is 13.7. The van der Waals surface area contributed by atoms with Crippen LogP contribution in [0.15, 0.2) is 72.8 Å². The van der Waals surface area contributed by atoms with Crippen molar-refractivity contribution in [2.24, 2.45) is 0 Å². The average Bonchev–Trinajstić information content (AvgIpc) is 3.94. The van der Waals surface area contributed by atoms with Crippen LogP contribution in [0.3, 0.4) is 0 Å². The van der Waals surface area contributed by atoms with Crippen molar-refractivity contribution in [1.82, 2.24) is 19.9 Å². The van der Waals surface area contributed by atoms with Gasteiger partial charge in [0.15, 0.2) is 0 Å². The van der Waals surface area contributed by atoms with Gasteiger partial charge in [-0.05, 0) is 84.0 Å². The summed E-state index contributed by atoms with van der Waals surface area (Å²) in [6.07, 6.45) is 8.30. The Balaban J connectivity index is 1.68. The highest BCUT2D eigenvalue weighted by molar-refractivity contribution is 6.84. The highest BCUT2D eigenvalue weighted by Crippen LogP contribution is 2.35. The van der Waals surface area contributed by atoms with Crippen molar-refractivity contribution < 1.29 is 9.47 Å². The molecule has 0 radical (unpaired) electrons. The number of methoxy groups -OCH3 is 2. The van der Waals surface area contributed by atoms with Gasteiger partial charge < -0.3 is 19.4 Å². The number of ether oxygens (including phenoxy) is 2. The van der Waals surface area contributed by atoms with Crippen LogP contribution in [0.25, 0.3) is 68.6 Å². The Hall–Kier alpha value is -5.81. The fourth-order valence-electron chi connectivity index (χ4n) is 6.13. The molecule has 5 heterocycles. The summed E-state index contributed by atoms with van der Waals surface area (Å²) in [5.74, 6) is 8.68. The lowest BCUT2D eigenvalue weighted by Gasteiger charge is -2.07. The first-order valence-electron chi connectivity index (χ1n) is 17.4. The van der Waals surface area contributed by atoms with Crippen molar-refractivity contribution >= 4 is 62.5 Å². The zero-order valence-electron chi connectivity index (χ0n) is 30.9. The second-order valence-electron chi connectivity index (χ2n) is 15.0. The number of fused-ring (bicyclic) bond motifs is 8. The lowest BCUT2D eigenvalue weighted by Crippen LogP contribution is -2.16. The van der Waals surface area contributed by atoms with Crippen LogP contribution >= 0.6 is 0 Å². The Kier molecular flexibility index (Phi) is 9.14. The lowest BCUT2D eigenvalue weighted by molar-refractivity contribution is 0.415. The van der Waals surface area contributed by atoms with Crippen molar-refractivity contribution in [1.29, 1.82) is 0 Å². The summed E-state index contributed by atoms with van der Waals surface area (Å²) < 4.78 is 11.3. The molecule has 2 N–H and O–H groups in total. The molecule has 0 unspecified atom stereocenters. The molecule has 0 spiro atoms. The minimum absolute atomic E-state index is 0.771. The molecule has 0 saturated carbocycles. The molecule has 2 aliphatic rings. The van der Waals surface area contributed by atoms with Crippen molar-refractivity contribution in [3.63, 3.8) is 0 Å². The van der Waals surface area contributed by atoms with Gasteiger partial charge in [0.05, 0.1) is 59.2 Å². The van der Waals surface area contributed by atoms with Gasteiger partial charge in [-0.25, -0.2) is 9.97 Å². The number of nitrogens with zero attached hydrogens (tertiary/aromatic N) is 2. The zero-order valence-corrected chi connectivity index (χ0v) is 32.9. The summed E-state index contributed by atoms with van der Waals surface area (Å²) in [6, 6.07) is 24.6. The Labute approximate surface area is 307 Å². The van der Waals surface area contributed by atoms with Crippen molar-refractivity contribution in [2.45, 2.75) is 39.3 Å². The molecular formula is C44H42N4O2Si2. The van der Waals surface area contributed by atoms with E-state index in [9.17, 15) is 0 Å². The van der Waals surface area contributed by atoms with Gasteiger partial charge in [-0.15, -0.1) is 11.1 Å². The van der Waals surface area contributed by atoms with Crippen LogP contribution in [0, 0.1) is 22.9 Å². The van der Waals surface area contributed by atoms with E-state index in [1.807, 2.05) is 36.4 Å². The van der Waals surface area contributed by atoms with E-state index < -0.39 is 16.1 Å². The standard InChI is InChI=1S/C44H42N4O2Si2/c1-49-31-13-9-11-29(27-31)43-39-19-15-35(45-39)33(23-25-51(3,4)5)37-17-21-41(47-37)44(30-12-10-14-32(28-30)50-2)42-22-18-38(48-42)34(24-26-52(6,7)8)36-16-20-40(43)46-36/h9-22,27-28,45,48H,1-8H3. The first-order chi connectivity index (χ1) is 24.9. The summed E-state index contributed by atoms with van der Waals surface area (Å²) in [7, 11) is -0.108. The van der Waals surface area contributed by atoms with Gasteiger partial charge in [0, 0.05) is 22.2 Å². The van der Waals surface area contributed by atoms with E-state index in [1.54, 1.807) is 14.2 Å². The molecule has 258 valence electrons. The fourth-order valence-corrected chi connectivity index (χ4v) is 7.13. The molecule has 6 nitrogen and oxygen atoms in total. The summed E-state index contributed by atoms with van der Waals surface area (Å²) in [4.78, 5) is 18.1. The number of nitrogens with one attached hydrogen (secondary N) is 2. The van der Waals surface area contributed by atoms with Crippen molar-refractivity contribution in [3.05, 3.63) is 107 Å². The normalized spacial score (nSPS) is 12.2. The molecule has 0 aliphatic carbocycles. The lowest BCUT2D eigenvalue weighted by atomic mass is 10.0. The minimum Gasteiger partial charge on any atom is -0.497 e. The maximum Gasteiger partial charge on any atom is 0.129 e. The fraction of sp³-hybridized carbons (Fsp3) is 0.182. The number of H-pyrrole nitrogens is 2. The van der Waals surface area contributed by atoms with Crippen LogP contribution in [-0.4, -0.2) is 50.3 Å². The van der Waals surface area contributed by atoms with Crippen LogP contribution < -0.4 is 9.47 Å².